The Morgan fingerprint density at radius 1 is 1.13 bits per heavy atom. The molecule has 7 heteroatoms. The van der Waals surface area contributed by atoms with Crippen LogP contribution in [0.15, 0.2) is 48.5 Å². The molecule has 3 N–H and O–H groups in total. The Bertz CT molecular complexity index is 1350. The minimum absolute atomic E-state index is 0.197. The number of ether oxygens (including phenoxy) is 1. The average molecular weight is 435 g/mol. The normalized spacial score (nSPS) is 15.3. The van der Waals surface area contributed by atoms with Gasteiger partial charge in [0.15, 0.2) is 0 Å². The van der Waals surface area contributed by atoms with E-state index in [9.17, 15) is 9.90 Å². The van der Waals surface area contributed by atoms with Gasteiger partial charge in [0.25, 0.3) is 6.01 Å². The van der Waals surface area contributed by atoms with Crippen molar-refractivity contribution in [2.75, 3.05) is 7.05 Å². The molecule has 0 bridgehead atoms. The van der Waals surface area contributed by atoms with Gasteiger partial charge in [0.1, 0.15) is 18.8 Å². The van der Waals surface area contributed by atoms with Gasteiger partial charge in [-0.15, -0.1) is 0 Å². The first-order valence-corrected chi connectivity index (χ1v) is 10.4. The molecule has 5 rings (SSSR count). The highest BCUT2D eigenvalue weighted by atomic mass is 35.5. The van der Waals surface area contributed by atoms with Crippen molar-refractivity contribution in [1.29, 1.82) is 0 Å². The second-order valence-corrected chi connectivity index (χ2v) is 8.48. The van der Waals surface area contributed by atoms with Crippen LogP contribution in [-0.2, 0) is 13.1 Å². The molecule has 0 saturated carbocycles. The second-order valence-electron chi connectivity index (χ2n) is 8.07. The van der Waals surface area contributed by atoms with Crippen molar-refractivity contribution in [3.8, 4) is 22.9 Å². The molecule has 1 aliphatic heterocycles. The van der Waals surface area contributed by atoms with Crippen molar-refractivity contribution in [3.05, 3.63) is 75.8 Å². The summed E-state index contributed by atoms with van der Waals surface area (Å²) < 4.78 is 5.79. The molecule has 3 aromatic carbocycles. The van der Waals surface area contributed by atoms with Gasteiger partial charge in [-0.05, 0) is 48.4 Å². The minimum Gasteiger partial charge on any atom is -0.478 e. The molecule has 1 aliphatic rings. The third kappa shape index (κ3) is 3.65. The number of carboxylic acid groups (broad SMARTS) is 1. The zero-order valence-electron chi connectivity index (χ0n) is 17.1. The molecule has 0 saturated heterocycles. The molecule has 0 aliphatic carbocycles. The number of nitrogens with zero attached hydrogens (tertiary/aromatic N) is 1. The number of H-pyrrole nitrogens is 1. The summed E-state index contributed by atoms with van der Waals surface area (Å²) in [5, 5.41) is 9.95. The molecular formula is C24H21ClN3O3+. The van der Waals surface area contributed by atoms with Gasteiger partial charge in [0.05, 0.1) is 28.7 Å². The third-order valence-electron chi connectivity index (χ3n) is 5.70. The van der Waals surface area contributed by atoms with E-state index < -0.39 is 5.97 Å². The van der Waals surface area contributed by atoms with Crippen LogP contribution in [0, 0.1) is 6.92 Å². The molecule has 6 nitrogen and oxygen atoms in total. The summed E-state index contributed by atoms with van der Waals surface area (Å²) in [6.45, 7) is 3.81. The van der Waals surface area contributed by atoms with Crippen LogP contribution in [0.25, 0.3) is 22.2 Å². The van der Waals surface area contributed by atoms with Gasteiger partial charge in [-0.25, -0.2) is 4.79 Å². The van der Waals surface area contributed by atoms with E-state index in [2.05, 4.69) is 35.2 Å². The van der Waals surface area contributed by atoms with Crippen LogP contribution in [0.3, 0.4) is 0 Å². The second kappa shape index (κ2) is 7.41. The van der Waals surface area contributed by atoms with Gasteiger partial charge in [0.2, 0.25) is 0 Å². The number of nitrogens with one attached hydrogen (secondary N) is 2. The molecule has 0 fully saturated rings. The van der Waals surface area contributed by atoms with Crippen molar-refractivity contribution in [2.24, 2.45) is 0 Å². The van der Waals surface area contributed by atoms with E-state index in [0.717, 1.165) is 35.2 Å². The van der Waals surface area contributed by atoms with Crippen molar-refractivity contribution >= 4 is 28.6 Å². The lowest BCUT2D eigenvalue weighted by Crippen LogP contribution is -3.04. The van der Waals surface area contributed by atoms with Gasteiger partial charge in [0, 0.05) is 16.7 Å². The van der Waals surface area contributed by atoms with E-state index in [-0.39, 0.29) is 11.6 Å². The fraction of sp³-hybridized carbons (Fsp3) is 0.167. The van der Waals surface area contributed by atoms with E-state index in [1.807, 2.05) is 12.1 Å². The zero-order valence-corrected chi connectivity index (χ0v) is 17.9. The Hall–Kier alpha value is -3.35. The maximum absolute atomic E-state index is 11.4. The SMILES string of the molecule is Cc1ccc(Oc2nc3cc(-c4ccc5c(c4)C[NH+](C)C5)c(Cl)cc3[nH]2)cc1C(=O)O. The van der Waals surface area contributed by atoms with Crippen LogP contribution >= 0.6 is 11.6 Å². The van der Waals surface area contributed by atoms with Gasteiger partial charge < -0.3 is 19.7 Å². The molecule has 1 unspecified atom stereocenters. The lowest BCUT2D eigenvalue weighted by molar-refractivity contribution is -0.900. The lowest BCUT2D eigenvalue weighted by Gasteiger charge is -2.06. The summed E-state index contributed by atoms with van der Waals surface area (Å²) in [5.41, 5.74) is 7.06. The van der Waals surface area contributed by atoms with Crippen molar-refractivity contribution in [1.82, 2.24) is 9.97 Å². The lowest BCUT2D eigenvalue weighted by atomic mass is 10.00. The maximum Gasteiger partial charge on any atom is 0.336 e. The summed E-state index contributed by atoms with van der Waals surface area (Å²) in [5.74, 6) is -0.593. The maximum atomic E-state index is 11.4. The number of aromatic amines is 1. The number of carbonyl (C=O) groups is 1. The van der Waals surface area contributed by atoms with E-state index in [0.29, 0.717) is 16.3 Å². The smallest absolute Gasteiger partial charge is 0.336 e. The highest BCUT2D eigenvalue weighted by Gasteiger charge is 2.20. The first kappa shape index (κ1) is 19.6. The number of aromatic nitrogens is 2. The highest BCUT2D eigenvalue weighted by Crippen LogP contribution is 2.34. The molecule has 156 valence electrons. The molecule has 1 atom stereocenters. The fourth-order valence-corrected chi connectivity index (χ4v) is 4.40. The Kier molecular flexibility index (Phi) is 4.68. The quantitative estimate of drug-likeness (QED) is 0.449. The molecule has 0 spiro atoms. The van der Waals surface area contributed by atoms with Crippen molar-refractivity contribution < 1.29 is 19.5 Å². The number of carboxylic acids is 1. The number of aromatic carboxylic acids is 1. The molecule has 31 heavy (non-hydrogen) atoms. The molecule has 0 radical (unpaired) electrons. The number of aryl methyl sites for hydroxylation is 1. The summed E-state index contributed by atoms with van der Waals surface area (Å²) >= 11 is 6.60. The monoisotopic (exact) mass is 434 g/mol. The molecule has 2 heterocycles. The summed E-state index contributed by atoms with van der Waals surface area (Å²) in [6, 6.07) is 15.5. The highest BCUT2D eigenvalue weighted by molar-refractivity contribution is 6.34. The summed E-state index contributed by atoms with van der Waals surface area (Å²) in [6.07, 6.45) is 0. The summed E-state index contributed by atoms with van der Waals surface area (Å²) in [7, 11) is 2.19. The topological polar surface area (TPSA) is 79.7 Å². The Balaban J connectivity index is 1.48. The van der Waals surface area contributed by atoms with E-state index in [1.54, 1.807) is 19.1 Å². The zero-order chi connectivity index (χ0) is 21.7. The minimum atomic E-state index is -0.994. The largest absolute Gasteiger partial charge is 0.478 e. The fourth-order valence-electron chi connectivity index (χ4n) is 4.13. The first-order chi connectivity index (χ1) is 14.9. The predicted molar refractivity (Wildman–Crippen MR) is 119 cm³/mol. The molecular weight excluding hydrogens is 414 g/mol. The van der Waals surface area contributed by atoms with Crippen LogP contribution < -0.4 is 9.64 Å². The van der Waals surface area contributed by atoms with Crippen LogP contribution in [0.5, 0.6) is 11.8 Å². The van der Waals surface area contributed by atoms with Crippen molar-refractivity contribution in [2.45, 2.75) is 20.0 Å². The third-order valence-corrected chi connectivity index (χ3v) is 6.02. The number of quaternary nitrogens is 1. The Morgan fingerprint density at radius 3 is 2.74 bits per heavy atom. The van der Waals surface area contributed by atoms with E-state index in [4.69, 9.17) is 16.3 Å². The number of rotatable bonds is 4. The molecule has 0 amide bonds. The van der Waals surface area contributed by atoms with Gasteiger partial charge in [-0.1, -0.05) is 29.8 Å². The standard InChI is InChI=1S/C24H20ClN3O3/c1-13-3-6-17(8-18(13)23(29)30)31-24-26-21-9-19(20(25)10-22(21)27-24)14-4-5-15-11-28(2)12-16(15)7-14/h3-10H,11-12H2,1-2H3,(H,26,27)(H,29,30)/p+1. The Morgan fingerprint density at radius 2 is 1.94 bits per heavy atom. The van der Waals surface area contributed by atoms with Gasteiger partial charge in [-0.2, -0.15) is 4.98 Å². The van der Waals surface area contributed by atoms with Crippen LogP contribution in [0.4, 0.5) is 0 Å². The van der Waals surface area contributed by atoms with Gasteiger partial charge >= 0.3 is 5.97 Å². The van der Waals surface area contributed by atoms with Crippen molar-refractivity contribution in [3.63, 3.8) is 0 Å². The molecule has 4 aromatic rings. The van der Waals surface area contributed by atoms with E-state index >= 15 is 0 Å². The average Bonchev–Trinajstić information content (AvgIpc) is 3.29. The van der Waals surface area contributed by atoms with Crippen LogP contribution in [0.2, 0.25) is 5.02 Å². The number of imidazole rings is 1. The molecule has 1 aromatic heterocycles. The van der Waals surface area contributed by atoms with Gasteiger partial charge in [-0.3, -0.25) is 0 Å². The number of halogens is 1. The predicted octanol–water partition coefficient (Wildman–Crippen LogP) is 4.21. The number of hydrogen-bond acceptors (Lipinski definition) is 3. The number of fused-ring (bicyclic) bond motifs is 2. The van der Waals surface area contributed by atoms with Crippen LogP contribution in [-0.4, -0.2) is 28.1 Å². The number of benzene rings is 3. The Labute approximate surface area is 184 Å². The first-order valence-electron chi connectivity index (χ1n) is 10.0. The number of hydrogen-bond donors (Lipinski definition) is 3. The van der Waals surface area contributed by atoms with E-state index in [1.165, 1.54) is 22.1 Å². The summed E-state index contributed by atoms with van der Waals surface area (Å²) in [4.78, 5) is 20.5. The van der Waals surface area contributed by atoms with Crippen LogP contribution in [0.1, 0.15) is 27.0 Å².